The topological polar surface area (TPSA) is 61.8 Å². The van der Waals surface area contributed by atoms with Gasteiger partial charge in [-0.25, -0.2) is 0 Å². The fourth-order valence-corrected chi connectivity index (χ4v) is 6.03. The predicted octanol–water partition coefficient (Wildman–Crippen LogP) is 3.73. The van der Waals surface area contributed by atoms with Crippen LogP contribution in [0.2, 0.25) is 0 Å². The van der Waals surface area contributed by atoms with Crippen LogP contribution in [-0.2, 0) is 20.5 Å². The molecule has 0 saturated carbocycles. The van der Waals surface area contributed by atoms with Crippen LogP contribution in [-0.4, -0.2) is 26.0 Å². The monoisotopic (exact) mass is 378 g/mol. The normalized spacial score (nSPS) is 34.4. The number of Topliss-reactive ketones (excluding diaryl/α,β-unsaturated/α-hetero) is 1. The third-order valence-corrected chi connectivity index (χ3v) is 7.65. The lowest BCUT2D eigenvalue weighted by Gasteiger charge is -2.62. The molecule has 2 aromatic carbocycles. The molecule has 0 N–H and O–H groups in total. The van der Waals surface area contributed by atoms with Gasteiger partial charge < -0.3 is 14.2 Å². The van der Waals surface area contributed by atoms with E-state index in [0.717, 1.165) is 16.7 Å². The number of esters is 1. The van der Waals surface area contributed by atoms with Crippen molar-refractivity contribution in [1.29, 1.82) is 0 Å². The Bertz CT molecular complexity index is 1070. The number of carbonyl (C=O) groups excluding carboxylic acids is 2. The minimum absolute atomic E-state index is 0.0447. The van der Waals surface area contributed by atoms with Crippen molar-refractivity contribution < 1.29 is 23.8 Å². The van der Waals surface area contributed by atoms with Crippen LogP contribution in [0.5, 0.6) is 11.5 Å². The molecular weight excluding hydrogens is 356 g/mol. The lowest BCUT2D eigenvalue weighted by atomic mass is 9.44. The van der Waals surface area contributed by atoms with Crippen LogP contribution in [0.15, 0.2) is 36.4 Å². The smallest absolute Gasteiger partial charge is 0.315 e. The largest absolute Gasteiger partial charge is 0.497 e. The Morgan fingerprint density at radius 2 is 1.71 bits per heavy atom. The Balaban J connectivity index is 1.94. The van der Waals surface area contributed by atoms with Crippen molar-refractivity contribution >= 4 is 11.8 Å². The number of fused-ring (bicyclic) bond motifs is 2. The van der Waals surface area contributed by atoms with Crippen LogP contribution in [0.3, 0.4) is 0 Å². The number of hydrogen-bond acceptors (Lipinski definition) is 5. The van der Waals surface area contributed by atoms with Crippen molar-refractivity contribution in [1.82, 2.24) is 0 Å². The molecule has 0 unspecified atom stereocenters. The molecule has 0 aromatic heterocycles. The summed E-state index contributed by atoms with van der Waals surface area (Å²) >= 11 is 0. The van der Waals surface area contributed by atoms with Crippen molar-refractivity contribution in [3.8, 4) is 11.5 Å². The van der Waals surface area contributed by atoms with Crippen LogP contribution >= 0.6 is 0 Å². The molecule has 2 aromatic rings. The molecule has 5 heteroatoms. The van der Waals surface area contributed by atoms with Gasteiger partial charge in [0.05, 0.1) is 25.6 Å². The van der Waals surface area contributed by atoms with E-state index in [1.165, 1.54) is 0 Å². The lowest BCUT2D eigenvalue weighted by Crippen LogP contribution is -2.68. The van der Waals surface area contributed by atoms with Crippen molar-refractivity contribution in [3.63, 3.8) is 0 Å². The van der Waals surface area contributed by atoms with E-state index in [-0.39, 0.29) is 11.8 Å². The third kappa shape index (κ3) is 1.50. The summed E-state index contributed by atoms with van der Waals surface area (Å²) in [6.07, 6.45) is 0. The van der Waals surface area contributed by atoms with Gasteiger partial charge in [0.25, 0.3) is 0 Å². The van der Waals surface area contributed by atoms with Gasteiger partial charge in [0.15, 0.2) is 5.78 Å². The molecule has 0 radical (unpaired) electrons. The van der Waals surface area contributed by atoms with Gasteiger partial charge in [0, 0.05) is 28.2 Å². The van der Waals surface area contributed by atoms with E-state index in [1.54, 1.807) is 26.4 Å². The molecule has 2 aliphatic carbocycles. The zero-order chi connectivity index (χ0) is 20.1. The first-order chi connectivity index (χ1) is 13.3. The first kappa shape index (κ1) is 17.3. The van der Waals surface area contributed by atoms with Crippen LogP contribution in [0.1, 0.15) is 53.7 Å². The maximum atomic E-state index is 13.9. The fraction of sp³-hybridized carbons (Fsp3) is 0.391. The quantitative estimate of drug-likeness (QED) is 0.745. The molecule has 1 saturated heterocycles. The minimum atomic E-state index is -1.07. The van der Waals surface area contributed by atoms with Crippen molar-refractivity contribution in [3.05, 3.63) is 58.7 Å². The molecule has 28 heavy (non-hydrogen) atoms. The molecule has 0 amide bonds. The highest BCUT2D eigenvalue weighted by molar-refractivity contribution is 6.11. The van der Waals surface area contributed by atoms with Crippen LogP contribution in [0.25, 0.3) is 0 Å². The summed E-state index contributed by atoms with van der Waals surface area (Å²) in [6.45, 7) is 5.80. The SMILES string of the molecule is COc1cc(OC)c2c(c1)C(=O)[C@]1(C)[C@@]3(C)OC(=O)[C@H](c4ccccc43)[C@]21C. The van der Waals surface area contributed by atoms with Crippen molar-refractivity contribution in [2.45, 2.75) is 37.7 Å². The van der Waals surface area contributed by atoms with E-state index in [2.05, 4.69) is 0 Å². The molecule has 6 rings (SSSR count). The highest BCUT2D eigenvalue weighted by Gasteiger charge is 2.78. The standard InChI is InChI=1S/C23H22O5/c1-21-17-14(10-12(26-4)11-16(17)27-5)19(24)22(21,2)23(3)15-9-7-6-8-13(15)18(21)20(25)28-23/h6-11,18H,1-5H3/t18-,21-,22-,23-/m0/s1. The van der Waals surface area contributed by atoms with Gasteiger partial charge in [-0.15, -0.1) is 0 Å². The van der Waals surface area contributed by atoms with Crippen molar-refractivity contribution in [2.75, 3.05) is 14.2 Å². The Morgan fingerprint density at radius 3 is 2.39 bits per heavy atom. The van der Waals surface area contributed by atoms with E-state index in [0.29, 0.717) is 17.1 Å². The van der Waals surface area contributed by atoms with E-state index in [9.17, 15) is 9.59 Å². The molecule has 2 bridgehead atoms. The number of benzene rings is 2. The maximum absolute atomic E-state index is 13.9. The second-order valence-corrected chi connectivity index (χ2v) is 8.38. The van der Waals surface area contributed by atoms with Crippen LogP contribution < -0.4 is 9.47 Å². The van der Waals surface area contributed by atoms with Crippen molar-refractivity contribution in [2.24, 2.45) is 5.41 Å². The fourth-order valence-electron chi connectivity index (χ4n) is 6.03. The van der Waals surface area contributed by atoms with Gasteiger partial charge >= 0.3 is 5.97 Å². The highest BCUT2D eigenvalue weighted by Crippen LogP contribution is 2.73. The molecule has 2 aliphatic heterocycles. The Kier molecular flexibility index (Phi) is 3.06. The van der Waals surface area contributed by atoms with E-state index in [1.807, 2.05) is 45.0 Å². The Hall–Kier alpha value is -2.82. The number of rotatable bonds is 2. The lowest BCUT2D eigenvalue weighted by molar-refractivity contribution is -0.207. The molecule has 1 fully saturated rings. The molecular formula is C23H22O5. The highest BCUT2D eigenvalue weighted by atomic mass is 16.6. The molecule has 4 atom stereocenters. The van der Waals surface area contributed by atoms with Crippen LogP contribution in [0, 0.1) is 5.41 Å². The molecule has 5 nitrogen and oxygen atoms in total. The zero-order valence-corrected chi connectivity index (χ0v) is 16.6. The number of ether oxygens (including phenoxy) is 3. The third-order valence-electron chi connectivity index (χ3n) is 7.65. The Morgan fingerprint density at radius 1 is 1.00 bits per heavy atom. The van der Waals surface area contributed by atoms with Gasteiger partial charge in [-0.05, 0) is 25.5 Å². The maximum Gasteiger partial charge on any atom is 0.315 e. The predicted molar refractivity (Wildman–Crippen MR) is 102 cm³/mol. The van der Waals surface area contributed by atoms with E-state index in [4.69, 9.17) is 14.2 Å². The first-order valence-electron chi connectivity index (χ1n) is 9.39. The van der Waals surface area contributed by atoms with Gasteiger partial charge in [-0.3, -0.25) is 9.59 Å². The first-order valence-corrected chi connectivity index (χ1v) is 9.39. The summed E-state index contributed by atoms with van der Waals surface area (Å²) in [5, 5.41) is 0. The van der Waals surface area contributed by atoms with Gasteiger partial charge in [0.2, 0.25) is 0 Å². The van der Waals surface area contributed by atoms with Gasteiger partial charge in [-0.2, -0.15) is 0 Å². The second-order valence-electron chi connectivity index (χ2n) is 8.38. The Labute approximate surface area is 163 Å². The zero-order valence-electron chi connectivity index (χ0n) is 16.6. The average Bonchev–Trinajstić information content (AvgIpc) is 2.87. The molecule has 2 heterocycles. The summed E-state index contributed by atoms with van der Waals surface area (Å²) in [7, 11) is 3.14. The van der Waals surface area contributed by atoms with E-state index >= 15 is 0 Å². The van der Waals surface area contributed by atoms with E-state index < -0.39 is 22.3 Å². The minimum Gasteiger partial charge on any atom is -0.497 e. The number of methoxy groups -OCH3 is 2. The molecule has 0 spiro atoms. The summed E-state index contributed by atoms with van der Waals surface area (Å²) in [6, 6.07) is 11.3. The molecule has 4 aliphatic rings. The van der Waals surface area contributed by atoms with Gasteiger partial charge in [0.1, 0.15) is 17.1 Å². The summed E-state index contributed by atoms with van der Waals surface area (Å²) in [5.74, 6) is 0.201. The number of ketones is 1. The number of carbonyl (C=O) groups is 2. The summed E-state index contributed by atoms with van der Waals surface area (Å²) < 4.78 is 17.1. The summed E-state index contributed by atoms with van der Waals surface area (Å²) in [5.41, 5.74) is 0.323. The average molecular weight is 378 g/mol. The summed E-state index contributed by atoms with van der Waals surface area (Å²) in [4.78, 5) is 27.1. The molecule has 144 valence electrons. The van der Waals surface area contributed by atoms with Crippen LogP contribution in [0.4, 0.5) is 0 Å². The number of hydrogen-bond donors (Lipinski definition) is 0. The second kappa shape index (κ2) is 4.96. The van der Waals surface area contributed by atoms with Gasteiger partial charge in [-0.1, -0.05) is 31.2 Å².